The van der Waals surface area contributed by atoms with E-state index in [4.69, 9.17) is 9.47 Å². The molecule has 0 aromatic heterocycles. The van der Waals surface area contributed by atoms with E-state index in [1.165, 1.54) is 18.1 Å². The Morgan fingerprint density at radius 2 is 1.41 bits per heavy atom. The van der Waals surface area contributed by atoms with Gasteiger partial charge in [0.15, 0.2) is 6.29 Å². The number of ether oxygens (including phenoxy) is 3. The van der Waals surface area contributed by atoms with Crippen molar-refractivity contribution in [2.45, 2.75) is 25.5 Å². The van der Waals surface area contributed by atoms with Crippen LogP contribution in [0.1, 0.15) is 41.0 Å². The van der Waals surface area contributed by atoms with Crippen molar-refractivity contribution >= 4 is 10.8 Å². The molecule has 0 bridgehead atoms. The van der Waals surface area contributed by atoms with Crippen LogP contribution in [0.5, 0.6) is 5.75 Å². The van der Waals surface area contributed by atoms with Crippen molar-refractivity contribution in [2.75, 3.05) is 13.2 Å². The van der Waals surface area contributed by atoms with Gasteiger partial charge in [-0.05, 0) is 53.9 Å². The van der Waals surface area contributed by atoms with Gasteiger partial charge in [-0.15, -0.1) is 0 Å². The average Bonchev–Trinajstić information content (AvgIpc) is 2.95. The highest BCUT2D eigenvalue weighted by molar-refractivity contribution is 5.86. The number of halogens is 10. The molecule has 0 amide bonds. The fourth-order valence-electron chi connectivity index (χ4n) is 4.45. The lowest BCUT2D eigenvalue weighted by Crippen LogP contribution is -2.25. The second-order valence-electron chi connectivity index (χ2n) is 10.2. The predicted octanol–water partition coefficient (Wildman–Crippen LogP) is 8.66. The van der Waals surface area contributed by atoms with E-state index in [1.807, 2.05) is 6.92 Å². The second kappa shape index (κ2) is 12.6. The van der Waals surface area contributed by atoms with Crippen LogP contribution in [0.2, 0.25) is 0 Å². The molecule has 0 spiro atoms. The largest absolute Gasteiger partial charge is 0.458 e. The topological polar surface area (TPSA) is 27.7 Å². The summed E-state index contributed by atoms with van der Waals surface area (Å²) in [6, 6.07) is 7.63. The van der Waals surface area contributed by atoms with Crippen LogP contribution in [0, 0.1) is 58.7 Å². The van der Waals surface area contributed by atoms with Gasteiger partial charge in [-0.3, -0.25) is 0 Å². The van der Waals surface area contributed by atoms with Crippen LogP contribution in [0.3, 0.4) is 0 Å². The molecule has 0 atom stereocenters. The van der Waals surface area contributed by atoms with E-state index in [9.17, 15) is 43.9 Å². The molecule has 1 fully saturated rings. The summed E-state index contributed by atoms with van der Waals surface area (Å²) in [6.45, 7) is 2.75. The van der Waals surface area contributed by atoms with Crippen molar-refractivity contribution in [1.82, 2.24) is 0 Å². The Morgan fingerprint density at radius 1 is 0.739 bits per heavy atom. The molecule has 4 aromatic rings. The summed E-state index contributed by atoms with van der Waals surface area (Å²) < 4.78 is 156. The van der Waals surface area contributed by atoms with E-state index in [1.54, 1.807) is 0 Å². The standard InChI is InChI=1S/C33H18F10O3/c1-17-15-44-31(45-16-17)20-5-4-19(25(34)13-20)3-2-18-10-27(36)29(28(37)11-18)33(42,43)46-22-6-7-23-21(12-22)14-26(35)24(30(23)38)8-9-32(39,40)41/h4-7,10-14,17,31H,15-16H2,1H3. The summed E-state index contributed by atoms with van der Waals surface area (Å²) in [5.74, 6) is -1.17. The second-order valence-corrected chi connectivity index (χ2v) is 10.2. The molecule has 4 aromatic carbocycles. The molecule has 0 N–H and O–H groups in total. The zero-order chi connectivity index (χ0) is 33.4. The van der Waals surface area contributed by atoms with Crippen molar-refractivity contribution < 1.29 is 58.1 Å². The lowest BCUT2D eigenvalue weighted by Gasteiger charge is -2.27. The van der Waals surface area contributed by atoms with Crippen LogP contribution in [0.15, 0.2) is 54.6 Å². The molecule has 0 aliphatic carbocycles. The van der Waals surface area contributed by atoms with Crippen molar-refractivity contribution in [1.29, 1.82) is 0 Å². The number of alkyl halides is 5. The molecule has 5 rings (SSSR count). The third kappa shape index (κ3) is 7.22. The molecule has 0 radical (unpaired) electrons. The number of hydrogen-bond acceptors (Lipinski definition) is 3. The summed E-state index contributed by atoms with van der Waals surface area (Å²) in [4.78, 5) is 0. The Balaban J connectivity index is 1.36. The molecule has 1 saturated heterocycles. The minimum absolute atomic E-state index is 0.157. The molecule has 46 heavy (non-hydrogen) atoms. The number of benzene rings is 4. The van der Waals surface area contributed by atoms with Crippen LogP contribution in [0.25, 0.3) is 10.8 Å². The third-order valence-corrected chi connectivity index (χ3v) is 6.58. The molecule has 0 saturated carbocycles. The molecule has 3 nitrogen and oxygen atoms in total. The van der Waals surface area contributed by atoms with E-state index in [-0.39, 0.29) is 11.5 Å². The van der Waals surface area contributed by atoms with Crippen molar-refractivity contribution in [3.63, 3.8) is 0 Å². The average molecular weight is 652 g/mol. The van der Waals surface area contributed by atoms with Crippen LogP contribution >= 0.6 is 0 Å². The van der Waals surface area contributed by atoms with Gasteiger partial charge in [0.05, 0.1) is 24.3 Å². The molecule has 238 valence electrons. The van der Waals surface area contributed by atoms with Crippen molar-refractivity contribution in [2.24, 2.45) is 5.92 Å². The van der Waals surface area contributed by atoms with Gasteiger partial charge in [-0.2, -0.15) is 22.0 Å². The first-order valence-electron chi connectivity index (χ1n) is 13.2. The molecule has 1 heterocycles. The summed E-state index contributed by atoms with van der Waals surface area (Å²) >= 11 is 0. The number of hydrogen-bond donors (Lipinski definition) is 0. The Kier molecular flexibility index (Phi) is 8.94. The first-order valence-corrected chi connectivity index (χ1v) is 13.2. The zero-order valence-electron chi connectivity index (χ0n) is 23.3. The normalized spacial score (nSPS) is 16.8. The maximum atomic E-state index is 15.0. The van der Waals surface area contributed by atoms with E-state index in [2.05, 4.69) is 16.6 Å². The first-order chi connectivity index (χ1) is 21.6. The third-order valence-electron chi connectivity index (χ3n) is 6.58. The maximum absolute atomic E-state index is 15.0. The smallest absolute Gasteiger partial charge is 0.429 e. The van der Waals surface area contributed by atoms with Crippen molar-refractivity contribution in [3.8, 4) is 29.4 Å². The SMILES string of the molecule is CC1COC(c2ccc(C#Cc3cc(F)c(C(F)(F)Oc4ccc5c(F)c(C#CC(F)(F)F)c(F)cc5c4)c(F)c3)c(F)c2)OC1. The lowest BCUT2D eigenvalue weighted by atomic mass is 10.0. The number of rotatable bonds is 4. The Labute approximate surface area is 254 Å². The zero-order valence-corrected chi connectivity index (χ0v) is 23.3. The first kappa shape index (κ1) is 32.7. The fourth-order valence-corrected chi connectivity index (χ4v) is 4.45. The number of fused-ring (bicyclic) bond motifs is 1. The fraction of sp³-hybridized carbons (Fsp3) is 0.212. The Bertz CT molecular complexity index is 1920. The summed E-state index contributed by atoms with van der Waals surface area (Å²) in [6.07, 6.45) is -10.5. The quantitative estimate of drug-likeness (QED) is 0.163. The minimum Gasteiger partial charge on any atom is -0.429 e. The van der Waals surface area contributed by atoms with Gasteiger partial charge in [0, 0.05) is 28.4 Å². The Hall–Kier alpha value is -4.72. The molecule has 1 aliphatic heterocycles. The molecule has 13 heteroatoms. The van der Waals surface area contributed by atoms with Gasteiger partial charge in [0.2, 0.25) is 0 Å². The summed E-state index contributed by atoms with van der Waals surface area (Å²) in [5.41, 5.74) is -3.19. The highest BCUT2D eigenvalue weighted by Crippen LogP contribution is 2.37. The van der Waals surface area contributed by atoms with Gasteiger partial charge >= 0.3 is 12.3 Å². The summed E-state index contributed by atoms with van der Waals surface area (Å²) in [5, 5.41) is -0.902. The maximum Gasteiger partial charge on any atom is 0.458 e. The highest BCUT2D eigenvalue weighted by Gasteiger charge is 2.41. The summed E-state index contributed by atoms with van der Waals surface area (Å²) in [7, 11) is 0. The van der Waals surface area contributed by atoms with E-state index >= 15 is 0 Å². The molecular weight excluding hydrogens is 634 g/mol. The highest BCUT2D eigenvalue weighted by atomic mass is 19.4. The van der Waals surface area contributed by atoms with Crippen LogP contribution in [-0.4, -0.2) is 19.4 Å². The minimum atomic E-state index is -5.03. The molecular formula is C33H18F10O3. The van der Waals surface area contributed by atoms with Gasteiger partial charge in [-0.25, -0.2) is 22.0 Å². The van der Waals surface area contributed by atoms with E-state index in [0.717, 1.165) is 24.1 Å². The lowest BCUT2D eigenvalue weighted by molar-refractivity contribution is -0.202. The van der Waals surface area contributed by atoms with Crippen LogP contribution in [0.4, 0.5) is 43.9 Å². The van der Waals surface area contributed by atoms with Crippen molar-refractivity contribution in [3.05, 3.63) is 112 Å². The Morgan fingerprint density at radius 3 is 2.04 bits per heavy atom. The van der Waals surface area contributed by atoms with Gasteiger partial charge in [0.1, 0.15) is 40.4 Å². The van der Waals surface area contributed by atoms with Gasteiger partial charge < -0.3 is 14.2 Å². The monoisotopic (exact) mass is 652 g/mol. The van der Waals surface area contributed by atoms with Gasteiger partial charge in [-0.1, -0.05) is 30.8 Å². The predicted molar refractivity (Wildman–Crippen MR) is 144 cm³/mol. The molecule has 0 unspecified atom stereocenters. The van der Waals surface area contributed by atoms with Gasteiger partial charge in [0.25, 0.3) is 0 Å². The van der Waals surface area contributed by atoms with E-state index < -0.39 is 80.9 Å². The van der Waals surface area contributed by atoms with Crippen LogP contribution in [-0.2, 0) is 15.6 Å². The molecule has 1 aliphatic rings. The van der Waals surface area contributed by atoms with Crippen LogP contribution < -0.4 is 4.74 Å². The van der Waals surface area contributed by atoms with E-state index in [0.29, 0.717) is 43.0 Å².